The van der Waals surface area contributed by atoms with Gasteiger partial charge >= 0.3 is 5.69 Å². The first-order chi connectivity index (χ1) is 8.99. The van der Waals surface area contributed by atoms with Crippen LogP contribution in [0.15, 0.2) is 36.4 Å². The van der Waals surface area contributed by atoms with E-state index in [-0.39, 0.29) is 16.4 Å². The molecule has 2 rings (SSSR count). The number of para-hydroxylation sites is 1. The number of nitro benzene ring substituents is 1. The zero-order valence-electron chi connectivity index (χ0n) is 9.36. The Morgan fingerprint density at radius 2 is 1.84 bits per heavy atom. The number of nitrogens with one attached hydrogen (secondary N) is 1. The molecule has 0 saturated heterocycles. The Morgan fingerprint density at radius 1 is 1.11 bits per heavy atom. The van der Waals surface area contributed by atoms with E-state index in [1.54, 1.807) is 0 Å². The number of rotatable bonds is 3. The van der Waals surface area contributed by atoms with Gasteiger partial charge in [0.15, 0.2) is 0 Å². The molecule has 0 aliphatic carbocycles. The van der Waals surface area contributed by atoms with Crippen molar-refractivity contribution in [1.29, 1.82) is 0 Å². The third-order valence-corrected chi connectivity index (χ3v) is 2.60. The molecule has 0 heterocycles. The second-order valence-electron chi connectivity index (χ2n) is 3.64. The summed E-state index contributed by atoms with van der Waals surface area (Å²) in [5, 5.41) is 13.4. The molecule has 0 unspecified atom stereocenters. The van der Waals surface area contributed by atoms with Crippen molar-refractivity contribution in [3.8, 4) is 0 Å². The van der Waals surface area contributed by atoms with E-state index >= 15 is 0 Å². The highest BCUT2D eigenvalue weighted by molar-refractivity contribution is 6.30. The number of nitrogens with zero attached hydrogens (tertiary/aromatic N) is 1. The molecule has 2 aromatic rings. The predicted octanol–water partition coefficient (Wildman–Crippen LogP) is 4.27. The molecular weight excluding hydrogens is 278 g/mol. The molecule has 0 saturated carbocycles. The van der Waals surface area contributed by atoms with Crippen molar-refractivity contribution in [2.24, 2.45) is 0 Å². The highest BCUT2D eigenvalue weighted by atomic mass is 35.5. The fourth-order valence-electron chi connectivity index (χ4n) is 1.54. The van der Waals surface area contributed by atoms with E-state index in [0.717, 1.165) is 12.1 Å². The van der Waals surface area contributed by atoms with Gasteiger partial charge in [0.1, 0.15) is 11.5 Å². The molecule has 0 aromatic heterocycles. The first kappa shape index (κ1) is 13.2. The molecule has 0 aliphatic rings. The first-order valence-corrected chi connectivity index (χ1v) is 5.52. The van der Waals surface area contributed by atoms with Gasteiger partial charge in [0.25, 0.3) is 0 Å². The summed E-state index contributed by atoms with van der Waals surface area (Å²) in [5.41, 5.74) is -0.902. The molecule has 2 aromatic carbocycles. The number of halogens is 3. The summed E-state index contributed by atoms with van der Waals surface area (Å²) in [6.45, 7) is 0. The van der Waals surface area contributed by atoms with Crippen molar-refractivity contribution in [2.45, 2.75) is 0 Å². The predicted molar refractivity (Wildman–Crippen MR) is 67.7 cm³/mol. The van der Waals surface area contributed by atoms with Gasteiger partial charge in [0.2, 0.25) is 5.82 Å². The zero-order chi connectivity index (χ0) is 14.0. The number of hydrogen-bond acceptors (Lipinski definition) is 3. The fraction of sp³-hybridized carbons (Fsp3) is 0. The topological polar surface area (TPSA) is 55.2 Å². The summed E-state index contributed by atoms with van der Waals surface area (Å²) in [6, 6.07) is 7.31. The molecule has 0 radical (unpaired) electrons. The van der Waals surface area contributed by atoms with Gasteiger partial charge in [-0.1, -0.05) is 17.7 Å². The van der Waals surface area contributed by atoms with Gasteiger partial charge in [-0.15, -0.1) is 0 Å². The van der Waals surface area contributed by atoms with Crippen molar-refractivity contribution in [3.63, 3.8) is 0 Å². The van der Waals surface area contributed by atoms with Gasteiger partial charge in [0, 0.05) is 5.02 Å². The van der Waals surface area contributed by atoms with Crippen LogP contribution in [-0.2, 0) is 0 Å². The third kappa shape index (κ3) is 2.79. The third-order valence-electron chi connectivity index (χ3n) is 2.37. The van der Waals surface area contributed by atoms with Crippen molar-refractivity contribution in [3.05, 3.63) is 63.2 Å². The monoisotopic (exact) mass is 284 g/mol. The second-order valence-corrected chi connectivity index (χ2v) is 4.08. The Labute approximate surface area is 111 Å². The van der Waals surface area contributed by atoms with Crippen LogP contribution < -0.4 is 5.32 Å². The average Bonchev–Trinajstić information content (AvgIpc) is 2.32. The van der Waals surface area contributed by atoms with Crippen LogP contribution in [0, 0.1) is 21.7 Å². The smallest absolute Gasteiger partial charge is 0.327 e. The maximum absolute atomic E-state index is 13.6. The van der Waals surface area contributed by atoms with E-state index in [1.165, 1.54) is 24.3 Å². The molecule has 0 bridgehead atoms. The normalized spacial score (nSPS) is 10.3. The van der Waals surface area contributed by atoms with Crippen molar-refractivity contribution >= 4 is 28.7 Å². The molecule has 0 atom stereocenters. The van der Waals surface area contributed by atoms with Crippen LogP contribution in [0.3, 0.4) is 0 Å². The Kier molecular flexibility index (Phi) is 3.62. The lowest BCUT2D eigenvalue weighted by Crippen LogP contribution is -2.00. The molecule has 0 fully saturated rings. The number of benzene rings is 2. The van der Waals surface area contributed by atoms with Gasteiger partial charge in [0.05, 0.1) is 10.6 Å². The lowest BCUT2D eigenvalue weighted by Gasteiger charge is -2.08. The van der Waals surface area contributed by atoms with Crippen LogP contribution >= 0.6 is 11.6 Å². The van der Waals surface area contributed by atoms with Crippen LogP contribution in [0.4, 0.5) is 25.8 Å². The quantitative estimate of drug-likeness (QED) is 0.676. The van der Waals surface area contributed by atoms with Gasteiger partial charge in [-0.3, -0.25) is 10.1 Å². The van der Waals surface area contributed by atoms with E-state index in [4.69, 9.17) is 11.6 Å². The number of nitro groups is 1. The summed E-state index contributed by atoms with van der Waals surface area (Å²) >= 11 is 5.59. The van der Waals surface area contributed by atoms with Crippen LogP contribution in [-0.4, -0.2) is 4.92 Å². The van der Waals surface area contributed by atoms with E-state index in [1.807, 2.05) is 0 Å². The first-order valence-electron chi connectivity index (χ1n) is 5.14. The standard InChI is InChI=1S/C12H7ClF2N2O2/c13-7-4-5-10(9(15)6-7)16-11-3-1-2-8(14)12(11)17(18)19/h1-6,16H. The van der Waals surface area contributed by atoms with Crippen molar-refractivity contribution in [1.82, 2.24) is 0 Å². The molecule has 1 N–H and O–H groups in total. The number of hydrogen-bond donors (Lipinski definition) is 1. The Balaban J connectivity index is 2.44. The lowest BCUT2D eigenvalue weighted by molar-refractivity contribution is -0.386. The molecule has 0 amide bonds. The minimum Gasteiger partial charge on any atom is -0.347 e. The van der Waals surface area contributed by atoms with Crippen LogP contribution in [0.5, 0.6) is 0 Å². The number of anilines is 2. The van der Waals surface area contributed by atoms with Crippen molar-refractivity contribution in [2.75, 3.05) is 5.32 Å². The summed E-state index contributed by atoms with van der Waals surface area (Å²) < 4.78 is 26.9. The molecule has 19 heavy (non-hydrogen) atoms. The Hall–Kier alpha value is -2.21. The van der Waals surface area contributed by atoms with E-state index in [9.17, 15) is 18.9 Å². The molecule has 0 aliphatic heterocycles. The zero-order valence-corrected chi connectivity index (χ0v) is 10.1. The highest BCUT2D eigenvalue weighted by Crippen LogP contribution is 2.31. The van der Waals surface area contributed by atoms with Gasteiger partial charge in [-0.05, 0) is 30.3 Å². The summed E-state index contributed by atoms with van der Waals surface area (Å²) in [5.74, 6) is -1.68. The highest BCUT2D eigenvalue weighted by Gasteiger charge is 2.20. The van der Waals surface area contributed by atoms with E-state index in [2.05, 4.69) is 5.32 Å². The summed E-state index contributed by atoms with van der Waals surface area (Å²) in [4.78, 5) is 9.91. The minimum absolute atomic E-state index is 0.0295. The van der Waals surface area contributed by atoms with Gasteiger partial charge < -0.3 is 5.32 Å². The van der Waals surface area contributed by atoms with E-state index < -0.39 is 22.2 Å². The van der Waals surface area contributed by atoms with Crippen molar-refractivity contribution < 1.29 is 13.7 Å². The summed E-state index contributed by atoms with van der Waals surface area (Å²) in [6.07, 6.45) is 0. The van der Waals surface area contributed by atoms with Gasteiger partial charge in [-0.2, -0.15) is 4.39 Å². The molecular formula is C12H7ClF2N2O2. The van der Waals surface area contributed by atoms with Crippen LogP contribution in [0.25, 0.3) is 0 Å². The van der Waals surface area contributed by atoms with Crippen LogP contribution in [0.1, 0.15) is 0 Å². The molecule has 4 nitrogen and oxygen atoms in total. The Bertz CT molecular complexity index is 650. The molecule has 0 spiro atoms. The minimum atomic E-state index is -0.996. The van der Waals surface area contributed by atoms with Gasteiger partial charge in [-0.25, -0.2) is 4.39 Å². The SMILES string of the molecule is O=[N+]([O-])c1c(F)cccc1Nc1ccc(Cl)cc1F. The molecule has 7 heteroatoms. The maximum Gasteiger partial charge on any atom is 0.327 e. The Morgan fingerprint density at radius 3 is 2.47 bits per heavy atom. The molecule has 98 valence electrons. The van der Waals surface area contributed by atoms with Crippen LogP contribution in [0.2, 0.25) is 5.02 Å². The lowest BCUT2D eigenvalue weighted by atomic mass is 10.2. The summed E-state index contributed by atoms with van der Waals surface area (Å²) in [7, 11) is 0. The second kappa shape index (κ2) is 5.19. The average molecular weight is 285 g/mol. The largest absolute Gasteiger partial charge is 0.347 e. The van der Waals surface area contributed by atoms with E-state index in [0.29, 0.717) is 0 Å². The maximum atomic E-state index is 13.6. The fourth-order valence-corrected chi connectivity index (χ4v) is 1.70.